The maximum atomic E-state index is 12.2. The number of carbonyl (C=O) groups is 1. The van der Waals surface area contributed by atoms with Gasteiger partial charge in [0.05, 0.1) is 11.4 Å². The first-order chi connectivity index (χ1) is 10.0. The quantitative estimate of drug-likeness (QED) is 0.679. The van der Waals surface area contributed by atoms with E-state index in [1.807, 2.05) is 31.2 Å². The number of anilines is 2. The zero-order chi connectivity index (χ0) is 15.0. The molecule has 3 rings (SSSR count). The van der Waals surface area contributed by atoms with Crippen molar-refractivity contribution in [1.29, 1.82) is 0 Å². The van der Waals surface area contributed by atoms with Crippen LogP contribution in [-0.4, -0.2) is 5.91 Å². The number of nitrogens with two attached hydrogens (primary N) is 1. The molecule has 4 nitrogen and oxygen atoms in total. The molecule has 0 saturated carbocycles. The first kappa shape index (κ1) is 13.7. The Morgan fingerprint density at radius 1 is 1.19 bits per heavy atom. The molecule has 0 bridgehead atoms. The highest BCUT2D eigenvalue weighted by Crippen LogP contribution is 2.25. The number of benzene rings is 2. The maximum absolute atomic E-state index is 12.2. The van der Waals surface area contributed by atoms with E-state index in [1.165, 1.54) is 0 Å². The molecule has 0 aliphatic heterocycles. The van der Waals surface area contributed by atoms with Gasteiger partial charge in [-0.15, -0.1) is 0 Å². The number of fused-ring (bicyclic) bond motifs is 1. The van der Waals surface area contributed by atoms with Crippen molar-refractivity contribution in [2.45, 2.75) is 6.92 Å². The summed E-state index contributed by atoms with van der Waals surface area (Å²) in [6.45, 7) is 1.99. The fourth-order valence-corrected chi connectivity index (χ4v) is 2.48. The largest absolute Gasteiger partial charge is 0.451 e. The van der Waals surface area contributed by atoms with Gasteiger partial charge in [-0.1, -0.05) is 27.6 Å². The molecule has 0 unspecified atom stereocenters. The molecule has 0 fully saturated rings. The fourth-order valence-electron chi connectivity index (χ4n) is 2.11. The van der Waals surface area contributed by atoms with Crippen LogP contribution in [-0.2, 0) is 0 Å². The second kappa shape index (κ2) is 5.26. The highest BCUT2D eigenvalue weighted by atomic mass is 79.9. The summed E-state index contributed by atoms with van der Waals surface area (Å²) in [6.07, 6.45) is 0. The number of nitrogens with one attached hydrogen (secondary N) is 1. The molecule has 3 N–H and O–H groups in total. The number of rotatable bonds is 2. The summed E-state index contributed by atoms with van der Waals surface area (Å²) < 4.78 is 6.42. The van der Waals surface area contributed by atoms with E-state index in [1.54, 1.807) is 18.2 Å². The van der Waals surface area contributed by atoms with Crippen LogP contribution in [0.25, 0.3) is 11.0 Å². The van der Waals surface area contributed by atoms with E-state index >= 15 is 0 Å². The van der Waals surface area contributed by atoms with E-state index in [0.717, 1.165) is 15.4 Å². The van der Waals surface area contributed by atoms with E-state index in [2.05, 4.69) is 21.2 Å². The predicted molar refractivity (Wildman–Crippen MR) is 87.5 cm³/mol. The average Bonchev–Trinajstić information content (AvgIpc) is 2.85. The zero-order valence-corrected chi connectivity index (χ0v) is 12.9. The summed E-state index contributed by atoms with van der Waals surface area (Å²) in [5.74, 6) is -0.0594. The van der Waals surface area contributed by atoms with E-state index in [4.69, 9.17) is 10.2 Å². The number of halogens is 1. The van der Waals surface area contributed by atoms with Gasteiger partial charge in [-0.25, -0.2) is 0 Å². The molecule has 0 aliphatic carbocycles. The van der Waals surface area contributed by atoms with E-state index in [-0.39, 0.29) is 11.7 Å². The van der Waals surface area contributed by atoms with Crippen LogP contribution in [0.1, 0.15) is 16.1 Å². The minimum atomic E-state index is -0.321. The van der Waals surface area contributed by atoms with Crippen molar-refractivity contribution in [3.8, 4) is 0 Å². The molecule has 0 atom stereocenters. The Hall–Kier alpha value is -2.27. The molecule has 0 aliphatic rings. The third-order valence-electron chi connectivity index (χ3n) is 3.16. The van der Waals surface area contributed by atoms with Gasteiger partial charge in [0.2, 0.25) is 0 Å². The maximum Gasteiger partial charge on any atom is 0.291 e. The first-order valence-corrected chi connectivity index (χ1v) is 7.19. The summed E-state index contributed by atoms with van der Waals surface area (Å²) in [5.41, 5.74) is 8.72. The van der Waals surface area contributed by atoms with Crippen molar-refractivity contribution in [2.24, 2.45) is 0 Å². The number of furan rings is 1. The predicted octanol–water partition coefficient (Wildman–Crippen LogP) is 4.34. The Bertz CT molecular complexity index is 839. The minimum Gasteiger partial charge on any atom is -0.451 e. The van der Waals surface area contributed by atoms with Crippen molar-refractivity contribution in [2.75, 3.05) is 11.1 Å². The van der Waals surface area contributed by atoms with E-state index in [0.29, 0.717) is 17.0 Å². The summed E-state index contributed by atoms with van der Waals surface area (Å²) in [5, 5.41) is 3.66. The Morgan fingerprint density at radius 2 is 2.00 bits per heavy atom. The molecular formula is C16H13BrN2O2. The monoisotopic (exact) mass is 344 g/mol. The summed E-state index contributed by atoms with van der Waals surface area (Å²) in [6, 6.07) is 12.8. The molecular weight excluding hydrogens is 332 g/mol. The lowest BCUT2D eigenvalue weighted by atomic mass is 10.2. The highest BCUT2D eigenvalue weighted by Gasteiger charge is 2.13. The Kier molecular flexibility index (Phi) is 3.43. The Labute approximate surface area is 130 Å². The van der Waals surface area contributed by atoms with Crippen molar-refractivity contribution < 1.29 is 9.21 Å². The molecule has 3 aromatic rings. The van der Waals surface area contributed by atoms with Crippen LogP contribution in [0, 0.1) is 6.92 Å². The van der Waals surface area contributed by atoms with Gasteiger partial charge < -0.3 is 15.5 Å². The highest BCUT2D eigenvalue weighted by molar-refractivity contribution is 9.10. The van der Waals surface area contributed by atoms with Gasteiger partial charge in [-0.2, -0.15) is 0 Å². The van der Waals surface area contributed by atoms with Crippen molar-refractivity contribution >= 4 is 44.2 Å². The van der Waals surface area contributed by atoms with Crippen LogP contribution in [0.3, 0.4) is 0 Å². The molecule has 5 heteroatoms. The number of hydrogen-bond acceptors (Lipinski definition) is 3. The third-order valence-corrected chi connectivity index (χ3v) is 3.65. The number of aryl methyl sites for hydroxylation is 1. The number of nitrogen functional groups attached to an aromatic ring is 1. The summed E-state index contributed by atoms with van der Waals surface area (Å²) in [7, 11) is 0. The van der Waals surface area contributed by atoms with Crippen LogP contribution >= 0.6 is 15.9 Å². The van der Waals surface area contributed by atoms with Crippen LogP contribution in [0.15, 0.2) is 51.4 Å². The van der Waals surface area contributed by atoms with Crippen LogP contribution in [0.5, 0.6) is 0 Å². The SMILES string of the molecule is Cc1ccc2oc(C(=O)Nc3ccc(Br)cc3N)cc2c1. The molecule has 1 aromatic heterocycles. The summed E-state index contributed by atoms with van der Waals surface area (Å²) in [4.78, 5) is 12.2. The third kappa shape index (κ3) is 2.78. The summed E-state index contributed by atoms with van der Waals surface area (Å²) >= 11 is 3.33. The van der Waals surface area contributed by atoms with Crippen LogP contribution in [0.4, 0.5) is 11.4 Å². The lowest BCUT2D eigenvalue weighted by molar-refractivity contribution is 0.0999. The normalized spacial score (nSPS) is 10.8. The van der Waals surface area contributed by atoms with Gasteiger partial charge in [0, 0.05) is 9.86 Å². The van der Waals surface area contributed by atoms with E-state index in [9.17, 15) is 4.79 Å². The van der Waals surface area contributed by atoms with Gasteiger partial charge >= 0.3 is 0 Å². The van der Waals surface area contributed by atoms with Crippen molar-refractivity contribution in [1.82, 2.24) is 0 Å². The molecule has 0 spiro atoms. The molecule has 21 heavy (non-hydrogen) atoms. The first-order valence-electron chi connectivity index (χ1n) is 6.39. The minimum absolute atomic E-state index is 0.262. The molecule has 2 aromatic carbocycles. The Morgan fingerprint density at radius 3 is 2.76 bits per heavy atom. The lowest BCUT2D eigenvalue weighted by Crippen LogP contribution is -2.12. The topological polar surface area (TPSA) is 68.3 Å². The number of hydrogen-bond donors (Lipinski definition) is 2. The second-order valence-electron chi connectivity index (χ2n) is 4.84. The average molecular weight is 345 g/mol. The number of amides is 1. The fraction of sp³-hybridized carbons (Fsp3) is 0.0625. The molecule has 0 radical (unpaired) electrons. The van der Waals surface area contributed by atoms with E-state index < -0.39 is 0 Å². The van der Waals surface area contributed by atoms with Gasteiger partial charge in [-0.05, 0) is 43.3 Å². The van der Waals surface area contributed by atoms with Crippen LogP contribution < -0.4 is 11.1 Å². The molecule has 106 valence electrons. The van der Waals surface area contributed by atoms with Crippen molar-refractivity contribution in [3.63, 3.8) is 0 Å². The van der Waals surface area contributed by atoms with Gasteiger partial charge in [0.15, 0.2) is 5.76 Å². The lowest BCUT2D eigenvalue weighted by Gasteiger charge is -2.06. The standard InChI is InChI=1S/C16H13BrN2O2/c1-9-2-5-14-10(6-9)7-15(21-14)16(20)19-13-4-3-11(17)8-12(13)18/h2-8H,18H2,1H3,(H,19,20). The number of carbonyl (C=O) groups excluding carboxylic acids is 1. The molecule has 1 heterocycles. The molecule has 1 amide bonds. The van der Waals surface area contributed by atoms with Gasteiger partial charge in [-0.3, -0.25) is 4.79 Å². The van der Waals surface area contributed by atoms with Crippen molar-refractivity contribution in [3.05, 3.63) is 58.3 Å². The zero-order valence-electron chi connectivity index (χ0n) is 11.3. The van der Waals surface area contributed by atoms with Gasteiger partial charge in [0.25, 0.3) is 5.91 Å². The smallest absolute Gasteiger partial charge is 0.291 e. The van der Waals surface area contributed by atoms with Crippen LogP contribution in [0.2, 0.25) is 0 Å². The second-order valence-corrected chi connectivity index (χ2v) is 5.75. The molecule has 0 saturated heterocycles. The Balaban J connectivity index is 1.89. The van der Waals surface area contributed by atoms with Gasteiger partial charge in [0.1, 0.15) is 5.58 Å².